The summed E-state index contributed by atoms with van der Waals surface area (Å²) in [6.07, 6.45) is 1.84. The van der Waals surface area contributed by atoms with Crippen molar-refractivity contribution in [3.63, 3.8) is 0 Å². The van der Waals surface area contributed by atoms with Crippen molar-refractivity contribution < 1.29 is 4.74 Å². The van der Waals surface area contributed by atoms with Crippen molar-refractivity contribution >= 4 is 5.69 Å². The molecule has 0 aliphatic rings. The third-order valence-corrected chi connectivity index (χ3v) is 3.28. The Morgan fingerprint density at radius 3 is 2.28 bits per heavy atom. The van der Waals surface area contributed by atoms with Crippen LogP contribution in [0, 0.1) is 17.8 Å². The van der Waals surface area contributed by atoms with Crippen molar-refractivity contribution in [2.75, 3.05) is 18.5 Å². The van der Waals surface area contributed by atoms with E-state index in [0.717, 1.165) is 12.2 Å². The largest absolute Gasteiger partial charge is 0.478 e. The first kappa shape index (κ1) is 14.8. The Kier molecular flexibility index (Phi) is 5.96. The van der Waals surface area contributed by atoms with Gasteiger partial charge in [-0.25, -0.2) is 4.98 Å². The number of pyridine rings is 1. The van der Waals surface area contributed by atoms with Gasteiger partial charge in [0.15, 0.2) is 0 Å². The fraction of sp³-hybridized carbons (Fsp3) is 0.667. The molecule has 1 aromatic rings. The summed E-state index contributed by atoms with van der Waals surface area (Å²) in [5.74, 6) is 2.74. The van der Waals surface area contributed by atoms with E-state index in [1.807, 2.05) is 25.3 Å². The molecule has 102 valence electrons. The molecule has 1 N–H and O–H groups in total. The maximum absolute atomic E-state index is 5.32. The molecule has 0 unspecified atom stereocenters. The van der Waals surface area contributed by atoms with Crippen molar-refractivity contribution in [1.29, 1.82) is 0 Å². The van der Waals surface area contributed by atoms with Crippen LogP contribution in [0.5, 0.6) is 5.88 Å². The summed E-state index contributed by atoms with van der Waals surface area (Å²) >= 11 is 0. The SMILES string of the molecule is CCOc1ccc(NCC(C(C)C)C(C)C)cn1. The number of aromatic nitrogens is 1. The van der Waals surface area contributed by atoms with E-state index in [1.165, 1.54) is 0 Å². The predicted molar refractivity (Wildman–Crippen MR) is 77.1 cm³/mol. The Bertz CT molecular complexity index is 325. The third-order valence-electron chi connectivity index (χ3n) is 3.28. The van der Waals surface area contributed by atoms with Gasteiger partial charge in [-0.2, -0.15) is 0 Å². The van der Waals surface area contributed by atoms with E-state index < -0.39 is 0 Å². The molecule has 1 rings (SSSR count). The lowest BCUT2D eigenvalue weighted by Crippen LogP contribution is -2.24. The lowest BCUT2D eigenvalue weighted by Gasteiger charge is -2.25. The van der Waals surface area contributed by atoms with Gasteiger partial charge in [-0.05, 0) is 30.7 Å². The van der Waals surface area contributed by atoms with Crippen LogP contribution in [0.4, 0.5) is 5.69 Å². The molecule has 0 saturated heterocycles. The van der Waals surface area contributed by atoms with Gasteiger partial charge in [0.05, 0.1) is 18.5 Å². The fourth-order valence-electron chi connectivity index (χ4n) is 2.20. The van der Waals surface area contributed by atoms with E-state index in [-0.39, 0.29) is 0 Å². The lowest BCUT2D eigenvalue weighted by molar-refractivity contribution is 0.304. The molecule has 0 fully saturated rings. The Morgan fingerprint density at radius 2 is 1.83 bits per heavy atom. The average Bonchev–Trinajstić information content (AvgIpc) is 2.31. The van der Waals surface area contributed by atoms with Crippen LogP contribution in [0.3, 0.4) is 0 Å². The highest BCUT2D eigenvalue weighted by molar-refractivity contribution is 5.42. The Labute approximate surface area is 111 Å². The second kappa shape index (κ2) is 7.24. The zero-order chi connectivity index (χ0) is 13.5. The van der Waals surface area contributed by atoms with Crippen LogP contribution in [0.15, 0.2) is 18.3 Å². The molecule has 0 bridgehead atoms. The van der Waals surface area contributed by atoms with Gasteiger partial charge in [-0.3, -0.25) is 0 Å². The first-order chi connectivity index (χ1) is 8.54. The van der Waals surface area contributed by atoms with E-state index in [9.17, 15) is 0 Å². The Morgan fingerprint density at radius 1 is 1.17 bits per heavy atom. The summed E-state index contributed by atoms with van der Waals surface area (Å²) in [5.41, 5.74) is 1.06. The smallest absolute Gasteiger partial charge is 0.213 e. The van der Waals surface area contributed by atoms with Crippen molar-refractivity contribution in [3.05, 3.63) is 18.3 Å². The standard InChI is InChI=1S/C15H26N2O/c1-6-18-15-8-7-13(9-17-15)16-10-14(11(2)3)12(4)5/h7-9,11-12,14,16H,6,10H2,1-5H3. The van der Waals surface area contributed by atoms with Crippen LogP contribution in [-0.4, -0.2) is 18.1 Å². The summed E-state index contributed by atoms with van der Waals surface area (Å²) in [6.45, 7) is 12.7. The normalized spacial score (nSPS) is 11.3. The maximum atomic E-state index is 5.32. The second-order valence-corrected chi connectivity index (χ2v) is 5.35. The molecule has 0 saturated carbocycles. The number of hydrogen-bond donors (Lipinski definition) is 1. The molecule has 3 nitrogen and oxygen atoms in total. The van der Waals surface area contributed by atoms with E-state index in [0.29, 0.717) is 30.2 Å². The highest BCUT2D eigenvalue weighted by Crippen LogP contribution is 2.21. The Hall–Kier alpha value is -1.25. The van der Waals surface area contributed by atoms with Crippen LogP contribution in [-0.2, 0) is 0 Å². The zero-order valence-electron chi connectivity index (χ0n) is 12.2. The highest BCUT2D eigenvalue weighted by Gasteiger charge is 2.16. The average molecular weight is 250 g/mol. The van der Waals surface area contributed by atoms with Gasteiger partial charge in [0.25, 0.3) is 0 Å². The van der Waals surface area contributed by atoms with Crippen molar-refractivity contribution in [3.8, 4) is 5.88 Å². The zero-order valence-corrected chi connectivity index (χ0v) is 12.2. The van der Waals surface area contributed by atoms with Crippen molar-refractivity contribution in [2.45, 2.75) is 34.6 Å². The van der Waals surface area contributed by atoms with Crippen LogP contribution >= 0.6 is 0 Å². The van der Waals surface area contributed by atoms with Gasteiger partial charge >= 0.3 is 0 Å². The number of nitrogens with one attached hydrogen (secondary N) is 1. The number of ether oxygens (including phenoxy) is 1. The first-order valence-corrected chi connectivity index (χ1v) is 6.87. The topological polar surface area (TPSA) is 34.1 Å². The van der Waals surface area contributed by atoms with E-state index in [4.69, 9.17) is 4.74 Å². The quantitative estimate of drug-likeness (QED) is 0.798. The van der Waals surface area contributed by atoms with Gasteiger partial charge in [0, 0.05) is 12.6 Å². The van der Waals surface area contributed by atoms with Gasteiger partial charge in [-0.15, -0.1) is 0 Å². The summed E-state index contributed by atoms with van der Waals surface area (Å²) in [5, 5.41) is 3.46. The minimum Gasteiger partial charge on any atom is -0.478 e. The van der Waals surface area contributed by atoms with E-state index >= 15 is 0 Å². The molecule has 0 aliphatic carbocycles. The minimum absolute atomic E-state index is 0.655. The van der Waals surface area contributed by atoms with E-state index in [2.05, 4.69) is 38.0 Å². The van der Waals surface area contributed by atoms with Crippen LogP contribution in [0.1, 0.15) is 34.6 Å². The number of rotatable bonds is 7. The second-order valence-electron chi connectivity index (χ2n) is 5.35. The van der Waals surface area contributed by atoms with Crippen LogP contribution < -0.4 is 10.1 Å². The molecular weight excluding hydrogens is 224 g/mol. The first-order valence-electron chi connectivity index (χ1n) is 6.87. The molecule has 0 aromatic carbocycles. The summed E-state index contributed by atoms with van der Waals surface area (Å²) in [6, 6.07) is 3.93. The van der Waals surface area contributed by atoms with Gasteiger partial charge in [-0.1, -0.05) is 27.7 Å². The van der Waals surface area contributed by atoms with Crippen LogP contribution in [0.2, 0.25) is 0 Å². The molecule has 18 heavy (non-hydrogen) atoms. The number of nitrogens with zero attached hydrogens (tertiary/aromatic N) is 1. The van der Waals surface area contributed by atoms with Crippen LogP contribution in [0.25, 0.3) is 0 Å². The molecule has 0 atom stereocenters. The summed E-state index contributed by atoms with van der Waals surface area (Å²) < 4.78 is 5.32. The predicted octanol–water partition coefficient (Wildman–Crippen LogP) is 3.82. The Balaban J connectivity index is 2.51. The molecule has 3 heteroatoms. The molecule has 0 radical (unpaired) electrons. The van der Waals surface area contributed by atoms with Gasteiger partial charge in [0.1, 0.15) is 0 Å². The van der Waals surface area contributed by atoms with Crippen molar-refractivity contribution in [2.24, 2.45) is 17.8 Å². The van der Waals surface area contributed by atoms with Gasteiger partial charge < -0.3 is 10.1 Å². The molecule has 0 spiro atoms. The fourth-order valence-corrected chi connectivity index (χ4v) is 2.20. The van der Waals surface area contributed by atoms with Gasteiger partial charge in [0.2, 0.25) is 5.88 Å². The minimum atomic E-state index is 0.655. The number of hydrogen-bond acceptors (Lipinski definition) is 3. The van der Waals surface area contributed by atoms with E-state index in [1.54, 1.807) is 0 Å². The number of anilines is 1. The highest BCUT2D eigenvalue weighted by atomic mass is 16.5. The molecular formula is C15H26N2O. The lowest BCUT2D eigenvalue weighted by atomic mass is 9.85. The third kappa shape index (κ3) is 4.55. The molecule has 1 aromatic heterocycles. The summed E-state index contributed by atoms with van der Waals surface area (Å²) in [7, 11) is 0. The monoisotopic (exact) mass is 250 g/mol. The van der Waals surface area contributed by atoms with Crippen molar-refractivity contribution in [1.82, 2.24) is 4.98 Å². The molecule has 0 amide bonds. The molecule has 0 aliphatic heterocycles. The molecule has 1 heterocycles. The summed E-state index contributed by atoms with van der Waals surface area (Å²) in [4.78, 5) is 4.25. The maximum Gasteiger partial charge on any atom is 0.213 e.